The van der Waals surface area contributed by atoms with Crippen LogP contribution in [0.15, 0.2) is 36.4 Å². The molecular weight excluding hydrogens is 350 g/mol. The molecular formula is C28H36N+. The Morgan fingerprint density at radius 1 is 0.897 bits per heavy atom. The van der Waals surface area contributed by atoms with Gasteiger partial charge < -0.3 is 0 Å². The molecule has 1 aliphatic carbocycles. The SMILES string of the molecule is Cc1cc(C(C)(C)C)cc(-c2c3ccc(C4CCCC4)cc3cc(C)[n+]2C)c1C. The number of pyridine rings is 1. The number of aromatic nitrogens is 1. The van der Waals surface area contributed by atoms with Crippen molar-refractivity contribution in [1.82, 2.24) is 0 Å². The van der Waals surface area contributed by atoms with Crippen molar-refractivity contribution in [1.29, 1.82) is 0 Å². The Morgan fingerprint density at radius 3 is 2.24 bits per heavy atom. The maximum atomic E-state index is 2.47. The van der Waals surface area contributed by atoms with Gasteiger partial charge in [0.05, 0.1) is 10.9 Å². The van der Waals surface area contributed by atoms with E-state index in [1.165, 1.54) is 75.7 Å². The van der Waals surface area contributed by atoms with E-state index in [1.807, 2.05) is 0 Å². The minimum atomic E-state index is 0.140. The van der Waals surface area contributed by atoms with Crippen LogP contribution in [0.2, 0.25) is 0 Å². The standard InChI is InChI=1S/C28H36N/c1-18-14-24(28(4,5)6)17-26(20(18)3)27-25-13-12-22(21-10-8-9-11-21)16-23(25)15-19(2)29(27)7/h12-17,21H,8-11H2,1-7H3/q+1. The lowest BCUT2D eigenvalue weighted by molar-refractivity contribution is -0.665. The summed E-state index contributed by atoms with van der Waals surface area (Å²) in [5, 5.41) is 2.76. The highest BCUT2D eigenvalue weighted by molar-refractivity contribution is 5.94. The molecule has 152 valence electrons. The summed E-state index contributed by atoms with van der Waals surface area (Å²) in [7, 11) is 2.22. The molecule has 1 aromatic heterocycles. The zero-order valence-electron chi connectivity index (χ0n) is 19.3. The highest BCUT2D eigenvalue weighted by Crippen LogP contribution is 2.38. The second-order valence-electron chi connectivity index (χ2n) is 10.2. The fraction of sp³-hybridized carbons (Fsp3) is 0.464. The Kier molecular flexibility index (Phi) is 5.05. The zero-order valence-corrected chi connectivity index (χ0v) is 19.3. The van der Waals surface area contributed by atoms with Crippen molar-refractivity contribution in [3.8, 4) is 11.3 Å². The second kappa shape index (κ2) is 7.27. The van der Waals surface area contributed by atoms with Crippen molar-refractivity contribution >= 4 is 10.8 Å². The van der Waals surface area contributed by atoms with Gasteiger partial charge in [0.2, 0.25) is 5.69 Å². The number of hydrogen-bond donors (Lipinski definition) is 0. The fourth-order valence-electron chi connectivity index (χ4n) is 4.97. The van der Waals surface area contributed by atoms with E-state index in [4.69, 9.17) is 0 Å². The third-order valence-corrected chi connectivity index (χ3v) is 7.17. The van der Waals surface area contributed by atoms with E-state index in [9.17, 15) is 0 Å². The molecule has 0 N–H and O–H groups in total. The third kappa shape index (κ3) is 3.61. The lowest BCUT2D eigenvalue weighted by Crippen LogP contribution is -2.35. The highest BCUT2D eigenvalue weighted by Gasteiger charge is 2.25. The van der Waals surface area contributed by atoms with Crippen LogP contribution in [0.1, 0.15) is 80.3 Å². The molecule has 1 heteroatoms. The van der Waals surface area contributed by atoms with Gasteiger partial charge in [-0.2, -0.15) is 4.57 Å². The first kappa shape index (κ1) is 20.1. The van der Waals surface area contributed by atoms with Gasteiger partial charge in [-0.25, -0.2) is 0 Å². The van der Waals surface area contributed by atoms with Crippen LogP contribution in [0, 0.1) is 20.8 Å². The molecule has 1 fully saturated rings. The molecule has 1 heterocycles. The molecule has 1 nitrogen and oxygen atoms in total. The van der Waals surface area contributed by atoms with Gasteiger partial charge >= 0.3 is 0 Å². The molecule has 3 aromatic rings. The lowest BCUT2D eigenvalue weighted by Gasteiger charge is -2.22. The quantitative estimate of drug-likeness (QED) is 0.410. The lowest BCUT2D eigenvalue weighted by atomic mass is 9.82. The summed E-state index contributed by atoms with van der Waals surface area (Å²) in [4.78, 5) is 0. The van der Waals surface area contributed by atoms with Crippen LogP contribution >= 0.6 is 0 Å². The van der Waals surface area contributed by atoms with Gasteiger partial charge in [-0.15, -0.1) is 0 Å². The van der Waals surface area contributed by atoms with Gasteiger partial charge in [0.1, 0.15) is 7.05 Å². The van der Waals surface area contributed by atoms with Crippen LogP contribution in [0.3, 0.4) is 0 Å². The van der Waals surface area contributed by atoms with Crippen LogP contribution < -0.4 is 4.57 Å². The van der Waals surface area contributed by atoms with E-state index in [-0.39, 0.29) is 5.41 Å². The summed E-state index contributed by atoms with van der Waals surface area (Å²) in [6.45, 7) is 13.7. The molecule has 4 rings (SSSR count). The number of benzene rings is 2. The molecule has 2 aromatic carbocycles. The first-order chi connectivity index (χ1) is 13.7. The number of fused-ring (bicyclic) bond motifs is 1. The molecule has 0 atom stereocenters. The maximum absolute atomic E-state index is 2.47. The summed E-state index contributed by atoms with van der Waals surface area (Å²) in [6, 6.07) is 14.4. The van der Waals surface area contributed by atoms with Crippen molar-refractivity contribution in [2.24, 2.45) is 7.05 Å². The van der Waals surface area contributed by atoms with Gasteiger partial charge in [-0.05, 0) is 77.8 Å². The van der Waals surface area contributed by atoms with Gasteiger partial charge in [0, 0.05) is 13.0 Å². The Hall–Kier alpha value is -2.15. The van der Waals surface area contributed by atoms with Crippen molar-refractivity contribution in [3.63, 3.8) is 0 Å². The van der Waals surface area contributed by atoms with E-state index in [0.29, 0.717) is 0 Å². The number of hydrogen-bond acceptors (Lipinski definition) is 0. The highest BCUT2D eigenvalue weighted by atomic mass is 14.9. The molecule has 0 unspecified atom stereocenters. The first-order valence-corrected chi connectivity index (χ1v) is 11.2. The van der Waals surface area contributed by atoms with Gasteiger partial charge in [-0.1, -0.05) is 51.8 Å². The van der Waals surface area contributed by atoms with E-state index in [1.54, 1.807) is 0 Å². The summed E-state index contributed by atoms with van der Waals surface area (Å²) in [6.07, 6.45) is 5.47. The molecule has 0 spiro atoms. The van der Waals surface area contributed by atoms with Gasteiger partial charge in [0.25, 0.3) is 0 Å². The molecule has 1 aliphatic rings. The minimum Gasteiger partial charge on any atom is -0.198 e. The Morgan fingerprint density at radius 2 is 1.59 bits per heavy atom. The van der Waals surface area contributed by atoms with Crippen LogP contribution in [-0.4, -0.2) is 0 Å². The predicted molar refractivity (Wildman–Crippen MR) is 125 cm³/mol. The van der Waals surface area contributed by atoms with E-state index in [0.717, 1.165) is 5.92 Å². The number of nitrogens with zero attached hydrogens (tertiary/aromatic N) is 1. The third-order valence-electron chi connectivity index (χ3n) is 7.17. The monoisotopic (exact) mass is 386 g/mol. The maximum Gasteiger partial charge on any atom is 0.220 e. The van der Waals surface area contributed by atoms with Crippen molar-refractivity contribution in [2.45, 2.75) is 78.6 Å². The van der Waals surface area contributed by atoms with E-state index in [2.05, 4.69) is 89.6 Å². The number of rotatable bonds is 2. The minimum absolute atomic E-state index is 0.140. The molecule has 0 radical (unpaired) electrons. The normalized spacial score (nSPS) is 15.4. The van der Waals surface area contributed by atoms with Crippen molar-refractivity contribution < 1.29 is 4.57 Å². The summed E-state index contributed by atoms with van der Waals surface area (Å²) in [5.41, 5.74) is 9.89. The van der Waals surface area contributed by atoms with Crippen LogP contribution in [0.25, 0.3) is 22.0 Å². The van der Waals surface area contributed by atoms with Crippen LogP contribution in [-0.2, 0) is 12.5 Å². The van der Waals surface area contributed by atoms with Crippen LogP contribution in [0.5, 0.6) is 0 Å². The van der Waals surface area contributed by atoms with Crippen molar-refractivity contribution in [3.05, 3.63) is 64.3 Å². The molecule has 0 amide bonds. The first-order valence-electron chi connectivity index (χ1n) is 11.2. The fourth-order valence-corrected chi connectivity index (χ4v) is 4.97. The van der Waals surface area contributed by atoms with E-state index >= 15 is 0 Å². The summed E-state index contributed by atoms with van der Waals surface area (Å²) < 4.78 is 2.38. The summed E-state index contributed by atoms with van der Waals surface area (Å²) >= 11 is 0. The average Bonchev–Trinajstić information content (AvgIpc) is 3.19. The topological polar surface area (TPSA) is 3.88 Å². The van der Waals surface area contributed by atoms with E-state index < -0.39 is 0 Å². The Bertz CT molecular complexity index is 1080. The summed E-state index contributed by atoms with van der Waals surface area (Å²) in [5.74, 6) is 0.755. The van der Waals surface area contributed by atoms with Gasteiger partial charge in [-0.3, -0.25) is 0 Å². The van der Waals surface area contributed by atoms with Gasteiger partial charge in [0.15, 0.2) is 5.69 Å². The Balaban J connectivity index is 1.98. The zero-order chi connectivity index (χ0) is 20.9. The molecule has 1 saturated carbocycles. The Labute approximate surface area is 176 Å². The van der Waals surface area contributed by atoms with Crippen LogP contribution in [0.4, 0.5) is 0 Å². The predicted octanol–water partition coefficient (Wildman–Crippen LogP) is 7.21. The molecule has 29 heavy (non-hydrogen) atoms. The second-order valence-corrected chi connectivity index (χ2v) is 10.2. The smallest absolute Gasteiger partial charge is 0.198 e. The molecule has 0 bridgehead atoms. The molecule has 0 saturated heterocycles. The average molecular weight is 387 g/mol. The molecule has 0 aliphatic heterocycles. The largest absolute Gasteiger partial charge is 0.220 e. The van der Waals surface area contributed by atoms with Crippen molar-refractivity contribution in [2.75, 3.05) is 0 Å². The number of aryl methyl sites for hydroxylation is 2.